The molecule has 6 rings (SSSR count). The fourth-order valence-corrected chi connectivity index (χ4v) is 6.41. The van der Waals surface area contributed by atoms with Crippen LogP contribution in [0.25, 0.3) is 22.0 Å². The van der Waals surface area contributed by atoms with E-state index in [0.29, 0.717) is 25.4 Å². The van der Waals surface area contributed by atoms with Crippen molar-refractivity contribution in [2.75, 3.05) is 51.3 Å². The molecule has 2 aliphatic rings. The van der Waals surface area contributed by atoms with Crippen LogP contribution in [0.5, 0.6) is 5.75 Å². The minimum atomic E-state index is -0.745. The average Bonchev–Trinajstić information content (AvgIpc) is 3.05. The second kappa shape index (κ2) is 14.4. The number of morpholine rings is 1. The molecule has 1 unspecified atom stereocenters. The molecule has 2 aliphatic heterocycles. The van der Waals surface area contributed by atoms with Gasteiger partial charge >= 0.3 is 5.97 Å². The van der Waals surface area contributed by atoms with Crippen molar-refractivity contribution in [2.24, 2.45) is 0 Å². The normalized spacial score (nSPS) is 17.8. The number of aromatic nitrogens is 2. The van der Waals surface area contributed by atoms with E-state index in [2.05, 4.69) is 76.4 Å². The summed E-state index contributed by atoms with van der Waals surface area (Å²) in [7, 11) is 0. The van der Waals surface area contributed by atoms with E-state index in [-0.39, 0.29) is 0 Å². The highest BCUT2D eigenvalue weighted by Crippen LogP contribution is 2.34. The number of hydrogen-bond donors (Lipinski definition) is 2. The average molecular weight is 610 g/mol. The monoisotopic (exact) mass is 609 g/mol. The van der Waals surface area contributed by atoms with Crippen LogP contribution in [0.2, 0.25) is 0 Å². The number of ether oxygens (including phenoxy) is 2. The van der Waals surface area contributed by atoms with Crippen molar-refractivity contribution < 1.29 is 19.4 Å². The second-order valence-electron chi connectivity index (χ2n) is 12.1. The minimum absolute atomic E-state index is 0.434. The molecule has 2 aromatic carbocycles. The second-order valence-corrected chi connectivity index (χ2v) is 12.1. The fraction of sp³-hybridized carbons (Fsp3) is 0.417. The van der Waals surface area contributed by atoms with Gasteiger partial charge in [-0.25, -0.2) is 4.98 Å². The number of pyridine rings is 2. The molecule has 4 aromatic rings. The van der Waals surface area contributed by atoms with Crippen molar-refractivity contribution in [3.8, 4) is 16.9 Å². The van der Waals surface area contributed by atoms with Gasteiger partial charge in [-0.15, -0.1) is 0 Å². The SMILES string of the molecule is Cc1ccc(-c2cccc(Nc3nccc4cc(CN5CCCCC5C(=O)O)cnc34)c2C)cc1OCCCN1CCOCC1. The molecule has 45 heavy (non-hydrogen) atoms. The van der Waals surface area contributed by atoms with Crippen molar-refractivity contribution in [1.82, 2.24) is 19.8 Å². The van der Waals surface area contributed by atoms with Crippen molar-refractivity contribution in [2.45, 2.75) is 52.1 Å². The molecule has 0 bridgehead atoms. The Morgan fingerprint density at radius 2 is 1.93 bits per heavy atom. The molecular formula is C36H43N5O4. The molecule has 0 aliphatic carbocycles. The summed E-state index contributed by atoms with van der Waals surface area (Å²) in [5.74, 6) is 0.863. The van der Waals surface area contributed by atoms with Gasteiger partial charge in [-0.05, 0) is 91.7 Å². The van der Waals surface area contributed by atoms with Crippen LogP contribution in [0.15, 0.2) is 60.9 Å². The maximum Gasteiger partial charge on any atom is 0.320 e. The maximum absolute atomic E-state index is 11.8. The van der Waals surface area contributed by atoms with Gasteiger partial charge in [0.2, 0.25) is 0 Å². The van der Waals surface area contributed by atoms with E-state index in [0.717, 1.165) is 109 Å². The van der Waals surface area contributed by atoms with Crippen LogP contribution in [0.1, 0.15) is 42.4 Å². The van der Waals surface area contributed by atoms with Crippen molar-refractivity contribution in [3.63, 3.8) is 0 Å². The van der Waals surface area contributed by atoms with Crippen molar-refractivity contribution in [1.29, 1.82) is 0 Å². The van der Waals surface area contributed by atoms with Crippen LogP contribution in [0.4, 0.5) is 11.5 Å². The third kappa shape index (κ3) is 7.44. The maximum atomic E-state index is 11.8. The predicted molar refractivity (Wildman–Crippen MR) is 177 cm³/mol. The third-order valence-electron chi connectivity index (χ3n) is 9.01. The number of carbonyl (C=O) groups is 1. The topological polar surface area (TPSA) is 100 Å². The molecule has 0 saturated carbocycles. The highest BCUT2D eigenvalue weighted by Gasteiger charge is 2.28. The Balaban J connectivity index is 1.16. The van der Waals surface area contributed by atoms with E-state index in [4.69, 9.17) is 14.5 Å². The zero-order chi connectivity index (χ0) is 31.2. The first-order chi connectivity index (χ1) is 22.0. The highest BCUT2D eigenvalue weighted by atomic mass is 16.5. The first-order valence-electron chi connectivity index (χ1n) is 16.1. The Labute approximate surface area is 265 Å². The van der Waals surface area contributed by atoms with Crippen molar-refractivity contribution >= 4 is 28.4 Å². The predicted octanol–water partition coefficient (Wildman–Crippen LogP) is 6.20. The lowest BCUT2D eigenvalue weighted by Gasteiger charge is -2.32. The molecule has 0 spiro atoms. The number of benzene rings is 2. The van der Waals surface area contributed by atoms with Crippen LogP contribution in [0, 0.1) is 13.8 Å². The molecule has 9 nitrogen and oxygen atoms in total. The number of carboxylic acid groups (broad SMARTS) is 1. The molecule has 9 heteroatoms. The van der Waals surface area contributed by atoms with Crippen LogP contribution in [-0.4, -0.2) is 82.9 Å². The zero-order valence-electron chi connectivity index (χ0n) is 26.3. The molecule has 0 amide bonds. The standard InChI is InChI=1S/C36H43N5O4/c1-25-10-11-28(22-33(25)45-18-6-14-40-16-19-44-20-17-40)30-7-5-8-31(26(30)2)39-35-34-29(12-13-37-35)21-27(23-38-34)24-41-15-4-3-9-32(41)36(42)43/h5,7-8,10-13,21-23,32H,3-4,6,9,14-20,24H2,1-2H3,(H,37,39)(H,42,43). The fourth-order valence-electron chi connectivity index (χ4n) is 6.41. The lowest BCUT2D eigenvalue weighted by molar-refractivity contribution is -0.144. The zero-order valence-corrected chi connectivity index (χ0v) is 26.3. The van der Waals surface area contributed by atoms with Gasteiger partial charge < -0.3 is 19.9 Å². The van der Waals surface area contributed by atoms with E-state index in [1.807, 2.05) is 12.3 Å². The Morgan fingerprint density at radius 1 is 1.07 bits per heavy atom. The smallest absolute Gasteiger partial charge is 0.320 e. The first kappa shape index (κ1) is 31.0. The Morgan fingerprint density at radius 3 is 2.78 bits per heavy atom. The van der Waals surface area contributed by atoms with Gasteiger partial charge in [0.15, 0.2) is 5.82 Å². The van der Waals surface area contributed by atoms with Gasteiger partial charge in [0.25, 0.3) is 0 Å². The number of rotatable bonds is 11. The van der Waals surface area contributed by atoms with Gasteiger partial charge in [-0.2, -0.15) is 0 Å². The number of nitrogens with zero attached hydrogens (tertiary/aromatic N) is 4. The molecule has 236 valence electrons. The number of nitrogens with one attached hydrogen (secondary N) is 1. The number of anilines is 2. The number of hydrogen-bond acceptors (Lipinski definition) is 8. The van der Waals surface area contributed by atoms with Crippen LogP contribution >= 0.6 is 0 Å². The summed E-state index contributed by atoms with van der Waals surface area (Å²) < 4.78 is 11.7. The van der Waals surface area contributed by atoms with Crippen molar-refractivity contribution in [3.05, 3.63) is 77.6 Å². The highest BCUT2D eigenvalue weighted by molar-refractivity contribution is 5.91. The molecule has 2 saturated heterocycles. The number of carboxylic acids is 1. The Kier molecular flexibility index (Phi) is 9.88. The number of fused-ring (bicyclic) bond motifs is 1. The van der Waals surface area contributed by atoms with E-state index < -0.39 is 12.0 Å². The minimum Gasteiger partial charge on any atom is -0.493 e. The summed E-state index contributed by atoms with van der Waals surface area (Å²) >= 11 is 0. The van der Waals surface area contributed by atoms with Gasteiger partial charge in [0.05, 0.1) is 19.8 Å². The summed E-state index contributed by atoms with van der Waals surface area (Å²) in [5, 5.41) is 14.2. The van der Waals surface area contributed by atoms with E-state index in [9.17, 15) is 9.90 Å². The lowest BCUT2D eigenvalue weighted by atomic mass is 9.98. The van der Waals surface area contributed by atoms with Crippen LogP contribution < -0.4 is 10.1 Å². The van der Waals surface area contributed by atoms with E-state index >= 15 is 0 Å². The molecule has 2 N–H and O–H groups in total. The summed E-state index contributed by atoms with van der Waals surface area (Å²) in [4.78, 5) is 25.7. The number of aryl methyl sites for hydroxylation is 1. The molecular weight excluding hydrogens is 566 g/mol. The third-order valence-corrected chi connectivity index (χ3v) is 9.01. The Hall–Kier alpha value is -4.05. The molecule has 0 radical (unpaired) electrons. The van der Waals surface area contributed by atoms with E-state index in [1.54, 1.807) is 6.20 Å². The number of aliphatic carboxylic acids is 1. The number of likely N-dealkylation sites (tertiary alicyclic amines) is 1. The summed E-state index contributed by atoms with van der Waals surface area (Å²) in [6.45, 7) is 10.9. The van der Waals surface area contributed by atoms with Gasteiger partial charge in [-0.3, -0.25) is 19.6 Å². The molecule has 2 fully saturated rings. The van der Waals surface area contributed by atoms with Gasteiger partial charge in [-0.1, -0.05) is 30.7 Å². The molecule has 2 aromatic heterocycles. The lowest BCUT2D eigenvalue weighted by Crippen LogP contribution is -2.44. The first-order valence-corrected chi connectivity index (χ1v) is 16.1. The van der Waals surface area contributed by atoms with Gasteiger partial charge in [0, 0.05) is 49.6 Å². The largest absolute Gasteiger partial charge is 0.493 e. The van der Waals surface area contributed by atoms with Gasteiger partial charge in [0.1, 0.15) is 17.3 Å². The molecule has 1 atom stereocenters. The van der Waals surface area contributed by atoms with Crippen LogP contribution in [0.3, 0.4) is 0 Å². The van der Waals surface area contributed by atoms with Crippen LogP contribution in [-0.2, 0) is 16.1 Å². The summed E-state index contributed by atoms with van der Waals surface area (Å²) in [6.07, 6.45) is 7.29. The quantitative estimate of drug-likeness (QED) is 0.193. The molecule has 4 heterocycles. The van der Waals surface area contributed by atoms with E-state index in [1.165, 1.54) is 0 Å². The number of piperidine rings is 1. The summed E-state index contributed by atoms with van der Waals surface area (Å²) in [6, 6.07) is 16.3. The summed E-state index contributed by atoms with van der Waals surface area (Å²) in [5.41, 5.74) is 7.22. The Bertz CT molecular complexity index is 1640.